The van der Waals surface area contributed by atoms with Crippen LogP contribution >= 0.6 is 0 Å². The Bertz CT molecular complexity index is 745. The van der Waals surface area contributed by atoms with Gasteiger partial charge in [0.15, 0.2) is 0 Å². The highest BCUT2D eigenvalue weighted by atomic mass is 16.5. The normalized spacial score (nSPS) is 21.0. The molecule has 0 radical (unpaired) electrons. The number of anilines is 1. The highest BCUT2D eigenvalue weighted by Crippen LogP contribution is 2.20. The van der Waals surface area contributed by atoms with Crippen molar-refractivity contribution in [3.63, 3.8) is 0 Å². The lowest BCUT2D eigenvalue weighted by Gasteiger charge is -2.43. The predicted molar refractivity (Wildman–Crippen MR) is 95.1 cm³/mol. The molecule has 0 unspecified atom stereocenters. The molecule has 3 heterocycles. The highest BCUT2D eigenvalue weighted by molar-refractivity contribution is 5.90. The van der Waals surface area contributed by atoms with Gasteiger partial charge in [-0.3, -0.25) is 4.90 Å². The van der Waals surface area contributed by atoms with E-state index < -0.39 is 0 Å². The molecule has 2 saturated heterocycles. The number of rotatable bonds is 2. The molecule has 0 saturated carbocycles. The fourth-order valence-electron chi connectivity index (χ4n) is 3.49. The lowest BCUT2D eigenvalue weighted by molar-refractivity contribution is -0.0355. The molecule has 2 fully saturated rings. The van der Waals surface area contributed by atoms with Gasteiger partial charge in [0.1, 0.15) is 0 Å². The van der Waals surface area contributed by atoms with Crippen LogP contribution in [0.15, 0.2) is 36.5 Å². The molecule has 1 aromatic heterocycles. The first-order valence-electron chi connectivity index (χ1n) is 8.70. The lowest BCUT2D eigenvalue weighted by Crippen LogP contribution is -2.59. The van der Waals surface area contributed by atoms with Crippen LogP contribution in [0.5, 0.6) is 0 Å². The second-order valence-electron chi connectivity index (χ2n) is 6.53. The van der Waals surface area contributed by atoms with Crippen LogP contribution in [0, 0.1) is 6.92 Å². The minimum absolute atomic E-state index is 0.0686. The molecule has 25 heavy (non-hydrogen) atoms. The van der Waals surface area contributed by atoms with E-state index in [0.717, 1.165) is 43.3 Å². The quantitative estimate of drug-likeness (QED) is 0.904. The Labute approximate surface area is 147 Å². The predicted octanol–water partition coefficient (Wildman–Crippen LogP) is 1.73. The number of nitrogens with zero attached hydrogens (tertiary/aromatic N) is 4. The van der Waals surface area contributed by atoms with Crippen LogP contribution in [0.3, 0.4) is 0 Å². The van der Waals surface area contributed by atoms with Crippen molar-refractivity contribution in [1.29, 1.82) is 0 Å². The van der Waals surface area contributed by atoms with Crippen LogP contribution in [0.4, 0.5) is 10.5 Å². The van der Waals surface area contributed by atoms with Crippen molar-refractivity contribution in [3.05, 3.63) is 42.2 Å². The number of para-hydroxylation sites is 1. The van der Waals surface area contributed by atoms with Gasteiger partial charge in [0.25, 0.3) is 0 Å². The number of carbonyl (C=O) groups is 1. The first kappa shape index (κ1) is 16.1. The first-order valence-corrected chi connectivity index (χ1v) is 8.70. The van der Waals surface area contributed by atoms with Crippen molar-refractivity contribution in [1.82, 2.24) is 19.6 Å². The van der Waals surface area contributed by atoms with Crippen molar-refractivity contribution in [3.8, 4) is 5.69 Å². The molecule has 0 spiro atoms. The van der Waals surface area contributed by atoms with Gasteiger partial charge >= 0.3 is 6.03 Å². The molecule has 7 nitrogen and oxygen atoms in total. The van der Waals surface area contributed by atoms with Crippen molar-refractivity contribution in [2.75, 3.05) is 44.7 Å². The zero-order valence-electron chi connectivity index (χ0n) is 14.4. The monoisotopic (exact) mass is 341 g/mol. The number of hydrogen-bond acceptors (Lipinski definition) is 4. The topological polar surface area (TPSA) is 62.6 Å². The number of piperazine rings is 1. The Kier molecular flexibility index (Phi) is 4.42. The number of morpholine rings is 1. The Hall–Kier alpha value is -2.38. The molecular weight excluding hydrogens is 318 g/mol. The van der Waals surface area contributed by atoms with Gasteiger partial charge in [-0.05, 0) is 19.1 Å². The van der Waals surface area contributed by atoms with Crippen LogP contribution in [0.25, 0.3) is 5.69 Å². The standard InChI is InChI=1S/C18H23N5O2/c1-14-17(11-19-23(14)15-5-3-2-4-6-15)20-18(24)22-8-7-21-9-10-25-13-16(21)12-22/h2-6,11,16H,7-10,12-13H2,1H3,(H,20,24)/t16-/m1/s1. The van der Waals surface area contributed by atoms with E-state index in [9.17, 15) is 4.79 Å². The van der Waals surface area contributed by atoms with E-state index in [-0.39, 0.29) is 6.03 Å². The summed E-state index contributed by atoms with van der Waals surface area (Å²) in [6.45, 7) is 6.77. The van der Waals surface area contributed by atoms with Gasteiger partial charge in [0.05, 0.1) is 42.5 Å². The van der Waals surface area contributed by atoms with Crippen LogP contribution in [-0.2, 0) is 4.74 Å². The van der Waals surface area contributed by atoms with Gasteiger partial charge in [-0.15, -0.1) is 0 Å². The average Bonchev–Trinajstić information content (AvgIpc) is 3.02. The molecule has 1 N–H and O–H groups in total. The maximum atomic E-state index is 12.7. The maximum Gasteiger partial charge on any atom is 0.322 e. The molecule has 2 aliphatic heterocycles. The fourth-order valence-corrected chi connectivity index (χ4v) is 3.49. The Balaban J connectivity index is 1.44. The zero-order valence-corrected chi connectivity index (χ0v) is 14.4. The molecule has 0 bridgehead atoms. The summed E-state index contributed by atoms with van der Waals surface area (Å²) in [5, 5.41) is 7.41. The summed E-state index contributed by atoms with van der Waals surface area (Å²) in [6.07, 6.45) is 1.71. The number of urea groups is 1. The Morgan fingerprint density at radius 3 is 2.92 bits per heavy atom. The highest BCUT2D eigenvalue weighted by Gasteiger charge is 2.31. The number of hydrogen-bond donors (Lipinski definition) is 1. The fraction of sp³-hybridized carbons (Fsp3) is 0.444. The van der Waals surface area contributed by atoms with Crippen molar-refractivity contribution >= 4 is 11.7 Å². The summed E-state index contributed by atoms with van der Waals surface area (Å²) in [5.74, 6) is 0. The summed E-state index contributed by atoms with van der Waals surface area (Å²) in [7, 11) is 0. The van der Waals surface area contributed by atoms with E-state index in [4.69, 9.17) is 4.74 Å². The third kappa shape index (κ3) is 3.25. The maximum absolute atomic E-state index is 12.7. The number of carbonyl (C=O) groups excluding carboxylic acids is 1. The second kappa shape index (κ2) is 6.85. The van der Waals surface area contributed by atoms with E-state index in [1.54, 1.807) is 6.20 Å². The number of nitrogens with one attached hydrogen (secondary N) is 1. The molecule has 4 rings (SSSR count). The Morgan fingerprint density at radius 2 is 2.08 bits per heavy atom. The largest absolute Gasteiger partial charge is 0.378 e. The molecule has 132 valence electrons. The van der Waals surface area contributed by atoms with Gasteiger partial charge in [-0.25, -0.2) is 9.48 Å². The zero-order chi connectivity index (χ0) is 17.2. The minimum atomic E-state index is -0.0686. The lowest BCUT2D eigenvalue weighted by atomic mass is 10.1. The second-order valence-corrected chi connectivity index (χ2v) is 6.53. The smallest absolute Gasteiger partial charge is 0.322 e. The van der Waals surface area contributed by atoms with Crippen molar-refractivity contribution < 1.29 is 9.53 Å². The summed E-state index contributed by atoms with van der Waals surface area (Å²) in [4.78, 5) is 16.9. The summed E-state index contributed by atoms with van der Waals surface area (Å²) < 4.78 is 7.38. The van der Waals surface area contributed by atoms with E-state index in [0.29, 0.717) is 19.2 Å². The molecule has 2 aliphatic rings. The number of benzene rings is 1. The molecule has 2 amide bonds. The van der Waals surface area contributed by atoms with E-state index in [1.165, 1.54) is 0 Å². The van der Waals surface area contributed by atoms with Gasteiger partial charge in [0, 0.05) is 26.2 Å². The molecule has 1 atom stereocenters. The van der Waals surface area contributed by atoms with Gasteiger partial charge in [0.2, 0.25) is 0 Å². The van der Waals surface area contributed by atoms with Crippen molar-refractivity contribution in [2.24, 2.45) is 0 Å². The molecular formula is C18H23N5O2. The third-order valence-electron chi connectivity index (χ3n) is 4.98. The summed E-state index contributed by atoms with van der Waals surface area (Å²) in [5.41, 5.74) is 2.64. The van der Waals surface area contributed by atoms with Gasteiger partial charge < -0.3 is 15.0 Å². The van der Waals surface area contributed by atoms with Gasteiger partial charge in [-0.2, -0.15) is 5.10 Å². The van der Waals surface area contributed by atoms with E-state index in [2.05, 4.69) is 15.3 Å². The molecule has 0 aliphatic carbocycles. The number of fused-ring (bicyclic) bond motifs is 1. The molecule has 7 heteroatoms. The number of amides is 2. The number of aromatic nitrogens is 2. The Morgan fingerprint density at radius 1 is 1.24 bits per heavy atom. The molecule has 2 aromatic rings. The number of ether oxygens (including phenoxy) is 1. The van der Waals surface area contributed by atoms with Gasteiger partial charge in [-0.1, -0.05) is 18.2 Å². The summed E-state index contributed by atoms with van der Waals surface area (Å²) >= 11 is 0. The van der Waals surface area contributed by atoms with E-state index >= 15 is 0 Å². The minimum Gasteiger partial charge on any atom is -0.378 e. The van der Waals surface area contributed by atoms with Crippen LogP contribution in [-0.4, -0.2) is 71.0 Å². The van der Waals surface area contributed by atoms with Crippen LogP contribution < -0.4 is 5.32 Å². The third-order valence-corrected chi connectivity index (χ3v) is 4.98. The van der Waals surface area contributed by atoms with Crippen LogP contribution in [0.1, 0.15) is 5.69 Å². The van der Waals surface area contributed by atoms with Crippen LogP contribution in [0.2, 0.25) is 0 Å². The summed E-state index contributed by atoms with van der Waals surface area (Å²) in [6, 6.07) is 10.1. The first-order chi connectivity index (χ1) is 12.2. The van der Waals surface area contributed by atoms with E-state index in [1.807, 2.05) is 46.8 Å². The SMILES string of the molecule is Cc1c(NC(=O)N2CCN3CCOC[C@H]3C2)cnn1-c1ccccc1. The van der Waals surface area contributed by atoms with Crippen molar-refractivity contribution in [2.45, 2.75) is 13.0 Å². The average molecular weight is 341 g/mol. The molecule has 1 aromatic carbocycles.